The lowest BCUT2D eigenvalue weighted by Crippen LogP contribution is -2.28. The molecule has 0 radical (unpaired) electrons. The van der Waals surface area contributed by atoms with Gasteiger partial charge in [-0.15, -0.1) is 0 Å². The van der Waals surface area contributed by atoms with Gasteiger partial charge in [0.05, 0.1) is 4.92 Å². The van der Waals surface area contributed by atoms with Crippen molar-refractivity contribution >= 4 is 5.69 Å². The summed E-state index contributed by atoms with van der Waals surface area (Å²) < 4.78 is 0. The van der Waals surface area contributed by atoms with E-state index in [1.54, 1.807) is 12.1 Å². The molecule has 0 bridgehead atoms. The molecule has 0 saturated carbocycles. The van der Waals surface area contributed by atoms with Crippen molar-refractivity contribution < 1.29 is 4.92 Å². The molecule has 0 aliphatic rings. The largest absolute Gasteiger partial charge is 0.329 e. The molecular weight excluding hydrogens is 206 g/mol. The molecule has 0 fully saturated rings. The SMILES string of the molecule is CCN(CCN)Cc1ccc([N+](=O)[O-])cc1. The zero-order chi connectivity index (χ0) is 12.0. The first-order valence-electron chi connectivity index (χ1n) is 5.33. The molecular formula is C11H17N3O2. The zero-order valence-corrected chi connectivity index (χ0v) is 9.43. The maximum Gasteiger partial charge on any atom is 0.269 e. The van der Waals surface area contributed by atoms with E-state index >= 15 is 0 Å². The average molecular weight is 223 g/mol. The number of nitrogens with zero attached hydrogens (tertiary/aromatic N) is 2. The summed E-state index contributed by atoms with van der Waals surface area (Å²) in [6.07, 6.45) is 0. The van der Waals surface area contributed by atoms with Crippen molar-refractivity contribution in [2.24, 2.45) is 5.73 Å². The molecule has 5 heteroatoms. The maximum absolute atomic E-state index is 10.5. The van der Waals surface area contributed by atoms with Gasteiger partial charge in [0, 0.05) is 31.8 Å². The summed E-state index contributed by atoms with van der Waals surface area (Å²) in [5.41, 5.74) is 6.69. The van der Waals surface area contributed by atoms with Crippen LogP contribution in [-0.2, 0) is 6.54 Å². The highest BCUT2D eigenvalue weighted by Gasteiger charge is 2.06. The normalized spacial score (nSPS) is 10.7. The first-order valence-corrected chi connectivity index (χ1v) is 5.33. The van der Waals surface area contributed by atoms with Crippen molar-refractivity contribution in [1.82, 2.24) is 4.90 Å². The number of nitro benzene ring substituents is 1. The van der Waals surface area contributed by atoms with Crippen molar-refractivity contribution in [3.05, 3.63) is 39.9 Å². The van der Waals surface area contributed by atoms with Gasteiger partial charge in [-0.25, -0.2) is 0 Å². The van der Waals surface area contributed by atoms with Crippen LogP contribution in [0, 0.1) is 10.1 Å². The Labute approximate surface area is 95.0 Å². The maximum atomic E-state index is 10.5. The van der Waals surface area contributed by atoms with Gasteiger partial charge in [-0.2, -0.15) is 0 Å². The molecule has 1 rings (SSSR count). The van der Waals surface area contributed by atoms with E-state index in [4.69, 9.17) is 5.73 Å². The summed E-state index contributed by atoms with van der Waals surface area (Å²) in [5.74, 6) is 0. The number of hydrogen-bond acceptors (Lipinski definition) is 4. The fourth-order valence-corrected chi connectivity index (χ4v) is 1.51. The smallest absolute Gasteiger partial charge is 0.269 e. The Hall–Kier alpha value is -1.46. The van der Waals surface area contributed by atoms with E-state index in [0.29, 0.717) is 6.54 Å². The highest BCUT2D eigenvalue weighted by Crippen LogP contribution is 2.13. The monoisotopic (exact) mass is 223 g/mol. The number of likely N-dealkylation sites (N-methyl/N-ethyl adjacent to an activating group) is 1. The molecule has 1 aromatic carbocycles. The lowest BCUT2D eigenvalue weighted by atomic mass is 10.2. The van der Waals surface area contributed by atoms with Crippen molar-refractivity contribution in [3.63, 3.8) is 0 Å². The van der Waals surface area contributed by atoms with Gasteiger partial charge in [0.15, 0.2) is 0 Å². The fraction of sp³-hybridized carbons (Fsp3) is 0.455. The molecule has 0 aromatic heterocycles. The summed E-state index contributed by atoms with van der Waals surface area (Å²) in [4.78, 5) is 12.3. The molecule has 1 aromatic rings. The number of benzene rings is 1. The summed E-state index contributed by atoms with van der Waals surface area (Å²) in [7, 11) is 0. The van der Waals surface area contributed by atoms with E-state index < -0.39 is 0 Å². The third-order valence-electron chi connectivity index (χ3n) is 2.45. The van der Waals surface area contributed by atoms with E-state index in [0.717, 1.165) is 25.2 Å². The van der Waals surface area contributed by atoms with Gasteiger partial charge in [-0.05, 0) is 12.1 Å². The van der Waals surface area contributed by atoms with Gasteiger partial charge in [0.25, 0.3) is 5.69 Å². The molecule has 0 heterocycles. The predicted octanol–water partition coefficient (Wildman–Crippen LogP) is 1.38. The second-order valence-electron chi connectivity index (χ2n) is 3.58. The van der Waals surface area contributed by atoms with Crippen LogP contribution < -0.4 is 5.73 Å². The fourth-order valence-electron chi connectivity index (χ4n) is 1.51. The Bertz CT molecular complexity index is 338. The van der Waals surface area contributed by atoms with Gasteiger partial charge in [-0.1, -0.05) is 19.1 Å². The molecule has 0 spiro atoms. The Balaban J connectivity index is 2.63. The van der Waals surface area contributed by atoms with E-state index in [1.807, 2.05) is 0 Å². The standard InChI is InChI=1S/C11H17N3O2/c1-2-13(8-7-12)9-10-3-5-11(6-4-10)14(15)16/h3-6H,2,7-9,12H2,1H3. The molecule has 0 aliphatic carbocycles. The number of nitro groups is 1. The van der Waals surface area contributed by atoms with Gasteiger partial charge < -0.3 is 5.73 Å². The van der Waals surface area contributed by atoms with Crippen molar-refractivity contribution in [1.29, 1.82) is 0 Å². The first-order chi connectivity index (χ1) is 7.67. The quantitative estimate of drug-likeness (QED) is 0.584. The van der Waals surface area contributed by atoms with Gasteiger partial charge >= 0.3 is 0 Å². The molecule has 16 heavy (non-hydrogen) atoms. The minimum Gasteiger partial charge on any atom is -0.329 e. The van der Waals surface area contributed by atoms with Crippen LogP contribution in [0.3, 0.4) is 0 Å². The van der Waals surface area contributed by atoms with Crippen LogP contribution in [-0.4, -0.2) is 29.5 Å². The van der Waals surface area contributed by atoms with E-state index in [9.17, 15) is 10.1 Å². The van der Waals surface area contributed by atoms with Crippen LogP contribution in [0.15, 0.2) is 24.3 Å². The average Bonchev–Trinajstić information content (AvgIpc) is 2.29. The molecule has 0 unspecified atom stereocenters. The Morgan fingerprint density at radius 1 is 1.38 bits per heavy atom. The van der Waals surface area contributed by atoms with Crippen LogP contribution in [0.25, 0.3) is 0 Å². The first kappa shape index (κ1) is 12.6. The summed E-state index contributed by atoms with van der Waals surface area (Å²) in [6.45, 7) is 5.25. The minimum atomic E-state index is -0.388. The van der Waals surface area contributed by atoms with E-state index in [1.165, 1.54) is 12.1 Å². The lowest BCUT2D eigenvalue weighted by molar-refractivity contribution is -0.384. The molecule has 88 valence electrons. The Morgan fingerprint density at radius 2 is 2.00 bits per heavy atom. The van der Waals surface area contributed by atoms with Crippen molar-refractivity contribution in [2.45, 2.75) is 13.5 Å². The van der Waals surface area contributed by atoms with E-state index in [2.05, 4.69) is 11.8 Å². The molecule has 0 aliphatic heterocycles. The Kier molecular flexibility index (Phi) is 4.88. The topological polar surface area (TPSA) is 72.4 Å². The minimum absolute atomic E-state index is 0.130. The number of non-ortho nitro benzene ring substituents is 1. The van der Waals surface area contributed by atoms with Gasteiger partial charge in [0.2, 0.25) is 0 Å². The second kappa shape index (κ2) is 6.19. The predicted molar refractivity (Wildman–Crippen MR) is 63.1 cm³/mol. The van der Waals surface area contributed by atoms with Gasteiger partial charge in [-0.3, -0.25) is 15.0 Å². The molecule has 0 atom stereocenters. The number of hydrogen-bond donors (Lipinski definition) is 1. The van der Waals surface area contributed by atoms with Crippen LogP contribution >= 0.6 is 0 Å². The molecule has 5 nitrogen and oxygen atoms in total. The Morgan fingerprint density at radius 3 is 2.44 bits per heavy atom. The highest BCUT2D eigenvalue weighted by molar-refractivity contribution is 5.32. The van der Waals surface area contributed by atoms with Crippen LogP contribution in [0.5, 0.6) is 0 Å². The summed E-state index contributed by atoms with van der Waals surface area (Å²) in [6, 6.07) is 6.64. The second-order valence-corrected chi connectivity index (χ2v) is 3.58. The van der Waals surface area contributed by atoms with E-state index in [-0.39, 0.29) is 10.6 Å². The molecule has 0 amide bonds. The number of rotatable bonds is 6. The highest BCUT2D eigenvalue weighted by atomic mass is 16.6. The summed E-state index contributed by atoms with van der Waals surface area (Å²) in [5, 5.41) is 10.5. The lowest BCUT2D eigenvalue weighted by Gasteiger charge is -2.19. The number of nitrogens with two attached hydrogens (primary N) is 1. The van der Waals surface area contributed by atoms with Crippen molar-refractivity contribution in [2.75, 3.05) is 19.6 Å². The third-order valence-corrected chi connectivity index (χ3v) is 2.45. The summed E-state index contributed by atoms with van der Waals surface area (Å²) >= 11 is 0. The third kappa shape index (κ3) is 3.60. The van der Waals surface area contributed by atoms with Crippen LogP contribution in [0.2, 0.25) is 0 Å². The molecule has 0 saturated heterocycles. The van der Waals surface area contributed by atoms with Crippen LogP contribution in [0.4, 0.5) is 5.69 Å². The molecule has 2 N–H and O–H groups in total. The van der Waals surface area contributed by atoms with Crippen LogP contribution in [0.1, 0.15) is 12.5 Å². The zero-order valence-electron chi connectivity index (χ0n) is 9.43. The van der Waals surface area contributed by atoms with Crippen molar-refractivity contribution in [3.8, 4) is 0 Å². The van der Waals surface area contributed by atoms with Gasteiger partial charge in [0.1, 0.15) is 0 Å².